The molecule has 0 saturated heterocycles. The van der Waals surface area contributed by atoms with Crippen LogP contribution in [-0.2, 0) is 11.3 Å². The van der Waals surface area contributed by atoms with Gasteiger partial charge in [-0.05, 0) is 30.4 Å². The number of hydrogen-bond donors (Lipinski definition) is 0. The standard InChI is InChI=1S/C7H10N4O/c1-6(12)4-3-5-11-7(2)8-9-10-11/h3-4H,5H2,1-2H3/b4-3+. The first-order chi connectivity index (χ1) is 5.70. The van der Waals surface area contributed by atoms with Gasteiger partial charge in [-0.25, -0.2) is 4.68 Å². The summed E-state index contributed by atoms with van der Waals surface area (Å²) in [6.07, 6.45) is 3.23. The molecule has 12 heavy (non-hydrogen) atoms. The zero-order valence-corrected chi connectivity index (χ0v) is 7.06. The van der Waals surface area contributed by atoms with Gasteiger partial charge >= 0.3 is 0 Å². The van der Waals surface area contributed by atoms with Gasteiger partial charge < -0.3 is 0 Å². The van der Waals surface area contributed by atoms with Crippen molar-refractivity contribution < 1.29 is 4.79 Å². The quantitative estimate of drug-likeness (QED) is 0.599. The molecule has 0 aromatic carbocycles. The van der Waals surface area contributed by atoms with Crippen molar-refractivity contribution in [1.29, 1.82) is 0 Å². The van der Waals surface area contributed by atoms with Crippen molar-refractivity contribution in [2.24, 2.45) is 0 Å². The normalized spacial score (nSPS) is 10.8. The summed E-state index contributed by atoms with van der Waals surface area (Å²) >= 11 is 0. The van der Waals surface area contributed by atoms with Crippen LogP contribution in [0, 0.1) is 6.92 Å². The molecule has 0 spiro atoms. The lowest BCUT2D eigenvalue weighted by Crippen LogP contribution is -2.00. The van der Waals surface area contributed by atoms with Crippen molar-refractivity contribution in [2.45, 2.75) is 20.4 Å². The minimum Gasteiger partial charge on any atom is -0.295 e. The fourth-order valence-electron chi connectivity index (χ4n) is 0.736. The van der Waals surface area contributed by atoms with Crippen molar-refractivity contribution in [3.05, 3.63) is 18.0 Å². The number of hydrogen-bond acceptors (Lipinski definition) is 4. The van der Waals surface area contributed by atoms with Crippen molar-refractivity contribution in [3.63, 3.8) is 0 Å². The molecule has 0 N–H and O–H groups in total. The smallest absolute Gasteiger partial charge is 0.152 e. The summed E-state index contributed by atoms with van der Waals surface area (Å²) in [5, 5.41) is 10.9. The Bertz CT molecular complexity index is 302. The lowest BCUT2D eigenvalue weighted by atomic mass is 10.4. The average Bonchev–Trinajstić information content (AvgIpc) is 2.36. The third-order valence-corrected chi connectivity index (χ3v) is 1.34. The Morgan fingerprint density at radius 1 is 1.67 bits per heavy atom. The van der Waals surface area contributed by atoms with Crippen molar-refractivity contribution in [3.8, 4) is 0 Å². The highest BCUT2D eigenvalue weighted by atomic mass is 16.1. The molecule has 1 aromatic heterocycles. The first-order valence-electron chi connectivity index (χ1n) is 3.60. The third kappa shape index (κ3) is 2.26. The molecule has 0 radical (unpaired) electrons. The van der Waals surface area contributed by atoms with Crippen LogP contribution in [0.4, 0.5) is 0 Å². The Morgan fingerprint density at radius 2 is 2.42 bits per heavy atom. The zero-order chi connectivity index (χ0) is 8.97. The van der Waals surface area contributed by atoms with Crippen LogP contribution < -0.4 is 0 Å². The van der Waals surface area contributed by atoms with Crippen LogP contribution in [-0.4, -0.2) is 26.0 Å². The lowest BCUT2D eigenvalue weighted by molar-refractivity contribution is -0.112. The number of tetrazole rings is 1. The van der Waals surface area contributed by atoms with Crippen LogP contribution in [0.5, 0.6) is 0 Å². The first-order valence-corrected chi connectivity index (χ1v) is 3.60. The second-order valence-electron chi connectivity index (χ2n) is 2.42. The summed E-state index contributed by atoms with van der Waals surface area (Å²) in [6.45, 7) is 3.85. The van der Waals surface area contributed by atoms with Gasteiger partial charge in [-0.15, -0.1) is 5.10 Å². The van der Waals surface area contributed by atoms with Gasteiger partial charge in [-0.2, -0.15) is 0 Å². The third-order valence-electron chi connectivity index (χ3n) is 1.34. The minimum absolute atomic E-state index is 0.0285. The molecule has 0 aliphatic rings. The van der Waals surface area contributed by atoms with Gasteiger partial charge in [-0.3, -0.25) is 4.79 Å². The Morgan fingerprint density at radius 3 is 2.92 bits per heavy atom. The Labute approximate surface area is 70.1 Å². The molecule has 0 amide bonds. The number of rotatable bonds is 3. The van der Waals surface area contributed by atoms with Gasteiger partial charge in [0.05, 0.1) is 6.54 Å². The lowest BCUT2D eigenvalue weighted by Gasteiger charge is -1.93. The van der Waals surface area contributed by atoms with E-state index in [1.54, 1.807) is 10.8 Å². The maximum absolute atomic E-state index is 10.5. The number of carbonyl (C=O) groups is 1. The molecule has 5 heteroatoms. The van der Waals surface area contributed by atoms with E-state index in [-0.39, 0.29) is 5.78 Å². The van der Waals surface area contributed by atoms with Gasteiger partial charge in [-0.1, -0.05) is 6.08 Å². The highest BCUT2D eigenvalue weighted by molar-refractivity contribution is 5.87. The van der Waals surface area contributed by atoms with Gasteiger partial charge in [0.15, 0.2) is 5.78 Å². The Kier molecular flexibility index (Phi) is 2.68. The van der Waals surface area contributed by atoms with Crippen LogP contribution in [0.15, 0.2) is 12.2 Å². The SMILES string of the molecule is CC(=O)/C=C/Cn1nnnc1C. The fourth-order valence-corrected chi connectivity index (χ4v) is 0.736. The molecule has 0 atom stereocenters. The maximum Gasteiger partial charge on any atom is 0.152 e. The molecule has 1 heterocycles. The van der Waals surface area contributed by atoms with E-state index in [0.29, 0.717) is 6.54 Å². The molecule has 0 saturated carbocycles. The fraction of sp³-hybridized carbons (Fsp3) is 0.429. The molecule has 5 nitrogen and oxygen atoms in total. The molecular weight excluding hydrogens is 156 g/mol. The van der Waals surface area contributed by atoms with E-state index in [1.165, 1.54) is 13.0 Å². The van der Waals surface area contributed by atoms with Crippen LogP contribution in [0.1, 0.15) is 12.7 Å². The molecule has 0 fully saturated rings. The van der Waals surface area contributed by atoms with Crippen LogP contribution in [0.2, 0.25) is 0 Å². The zero-order valence-electron chi connectivity index (χ0n) is 7.06. The summed E-state index contributed by atoms with van der Waals surface area (Å²) < 4.78 is 1.61. The predicted octanol–water partition coefficient (Wildman–Crippen LogP) is 0.127. The van der Waals surface area contributed by atoms with Gasteiger partial charge in [0.1, 0.15) is 5.82 Å². The van der Waals surface area contributed by atoms with E-state index in [4.69, 9.17) is 0 Å². The summed E-state index contributed by atoms with van der Waals surface area (Å²) in [4.78, 5) is 10.5. The number of allylic oxidation sites excluding steroid dienone is 2. The van der Waals surface area contributed by atoms with E-state index >= 15 is 0 Å². The Balaban J connectivity index is 2.54. The van der Waals surface area contributed by atoms with E-state index < -0.39 is 0 Å². The molecule has 64 valence electrons. The van der Waals surface area contributed by atoms with Gasteiger partial charge in [0.2, 0.25) is 0 Å². The number of aromatic nitrogens is 4. The molecule has 0 unspecified atom stereocenters. The first kappa shape index (κ1) is 8.58. The van der Waals surface area contributed by atoms with Gasteiger partial charge in [0.25, 0.3) is 0 Å². The predicted molar refractivity (Wildman–Crippen MR) is 42.4 cm³/mol. The van der Waals surface area contributed by atoms with Crippen molar-refractivity contribution >= 4 is 5.78 Å². The highest BCUT2D eigenvalue weighted by Crippen LogP contribution is 1.88. The van der Waals surface area contributed by atoms with Crippen LogP contribution in [0.25, 0.3) is 0 Å². The summed E-state index contributed by atoms with van der Waals surface area (Å²) in [5.41, 5.74) is 0. The highest BCUT2D eigenvalue weighted by Gasteiger charge is 1.95. The molecule has 1 aromatic rings. The molecule has 1 rings (SSSR count). The topological polar surface area (TPSA) is 60.7 Å². The minimum atomic E-state index is 0.0285. The van der Waals surface area contributed by atoms with E-state index in [2.05, 4.69) is 15.5 Å². The molecule has 0 bridgehead atoms. The average molecular weight is 166 g/mol. The summed E-state index contributed by atoms with van der Waals surface area (Å²) in [5.74, 6) is 0.768. The van der Waals surface area contributed by atoms with Crippen molar-refractivity contribution in [2.75, 3.05) is 0 Å². The van der Waals surface area contributed by atoms with Crippen molar-refractivity contribution in [1.82, 2.24) is 20.2 Å². The molecule has 0 aliphatic carbocycles. The van der Waals surface area contributed by atoms with Gasteiger partial charge in [0, 0.05) is 0 Å². The molecule has 0 aliphatic heterocycles. The monoisotopic (exact) mass is 166 g/mol. The molecular formula is C7H10N4O. The largest absolute Gasteiger partial charge is 0.295 e. The van der Waals surface area contributed by atoms with Crippen LogP contribution in [0.3, 0.4) is 0 Å². The Hall–Kier alpha value is -1.52. The summed E-state index contributed by atoms with van der Waals surface area (Å²) in [7, 11) is 0. The second-order valence-corrected chi connectivity index (χ2v) is 2.42. The number of ketones is 1. The summed E-state index contributed by atoms with van der Waals surface area (Å²) in [6, 6.07) is 0. The number of aryl methyl sites for hydroxylation is 1. The number of nitrogens with zero attached hydrogens (tertiary/aromatic N) is 4. The van der Waals surface area contributed by atoms with E-state index in [1.807, 2.05) is 6.92 Å². The van der Waals surface area contributed by atoms with Crippen LogP contribution >= 0.6 is 0 Å². The second kappa shape index (κ2) is 3.75. The van der Waals surface area contributed by atoms with E-state index in [9.17, 15) is 4.79 Å². The number of carbonyl (C=O) groups excluding carboxylic acids is 1. The van der Waals surface area contributed by atoms with E-state index in [0.717, 1.165) is 5.82 Å². The maximum atomic E-state index is 10.5.